The van der Waals surface area contributed by atoms with Crippen LogP contribution < -0.4 is 10.8 Å². The Bertz CT molecular complexity index is 312. The minimum atomic E-state index is -0.133. The van der Waals surface area contributed by atoms with Crippen molar-refractivity contribution in [3.8, 4) is 0 Å². The van der Waals surface area contributed by atoms with E-state index in [2.05, 4.69) is 10.3 Å². The third kappa shape index (κ3) is 2.08. The molecule has 0 saturated carbocycles. The summed E-state index contributed by atoms with van der Waals surface area (Å²) in [6.07, 6.45) is 0. The van der Waals surface area contributed by atoms with E-state index in [1.807, 2.05) is 0 Å². The molecule has 1 aromatic rings. The van der Waals surface area contributed by atoms with E-state index in [1.165, 1.54) is 6.92 Å². The van der Waals surface area contributed by atoms with Crippen LogP contribution >= 0.6 is 0 Å². The van der Waals surface area contributed by atoms with Gasteiger partial charge in [-0.3, -0.25) is 4.79 Å². The van der Waals surface area contributed by atoms with Crippen LogP contribution in [0.1, 0.15) is 12.6 Å². The Morgan fingerprint density at radius 2 is 2.25 bits per heavy atom. The molecule has 0 aliphatic carbocycles. The van der Waals surface area contributed by atoms with Crippen molar-refractivity contribution in [1.29, 1.82) is 0 Å². The molecule has 12 heavy (non-hydrogen) atoms. The summed E-state index contributed by atoms with van der Waals surface area (Å²) in [6.45, 7) is 3.23. The molecule has 4 heteroatoms. The van der Waals surface area contributed by atoms with Crippen molar-refractivity contribution in [1.82, 2.24) is 4.98 Å². The van der Waals surface area contributed by atoms with Crippen molar-refractivity contribution < 1.29 is 4.79 Å². The van der Waals surface area contributed by atoms with E-state index in [0.29, 0.717) is 11.3 Å². The average molecular weight is 160 g/mol. The topological polar surface area (TPSA) is 42.0 Å². The Kier molecular flexibility index (Phi) is 2.48. The molecule has 60 valence electrons. The summed E-state index contributed by atoms with van der Waals surface area (Å²) in [7, 11) is 5.54. The van der Waals surface area contributed by atoms with E-state index < -0.39 is 0 Å². The van der Waals surface area contributed by atoms with E-state index in [-0.39, 0.29) is 5.91 Å². The highest BCUT2D eigenvalue weighted by Gasteiger charge is 1.98. The first kappa shape index (κ1) is 8.78. The SMILES string of the molecule is [B]c1ccc(NC(C)=O)nc1C. The molecule has 0 aliphatic rings. The molecule has 0 spiro atoms. The van der Waals surface area contributed by atoms with Gasteiger partial charge in [0.1, 0.15) is 13.7 Å². The number of carbonyl (C=O) groups excluding carboxylic acids is 1. The lowest BCUT2D eigenvalue weighted by atomic mass is 9.95. The minimum Gasteiger partial charge on any atom is -0.311 e. The number of aryl methyl sites for hydroxylation is 1. The van der Waals surface area contributed by atoms with Crippen LogP contribution in [0.25, 0.3) is 0 Å². The lowest BCUT2D eigenvalue weighted by molar-refractivity contribution is -0.114. The van der Waals surface area contributed by atoms with Gasteiger partial charge in [0.25, 0.3) is 0 Å². The maximum atomic E-state index is 10.6. The van der Waals surface area contributed by atoms with E-state index in [9.17, 15) is 4.79 Å². The van der Waals surface area contributed by atoms with Crippen molar-refractivity contribution in [3.05, 3.63) is 17.8 Å². The Labute approximate surface area is 72.6 Å². The number of pyridine rings is 1. The maximum Gasteiger partial charge on any atom is 0.222 e. The number of nitrogens with zero attached hydrogens (tertiary/aromatic N) is 1. The first-order chi connectivity index (χ1) is 5.59. The lowest BCUT2D eigenvalue weighted by Gasteiger charge is -2.03. The van der Waals surface area contributed by atoms with Crippen molar-refractivity contribution >= 4 is 25.0 Å². The molecular formula is C8H9BN2O. The molecule has 0 unspecified atom stereocenters. The zero-order chi connectivity index (χ0) is 9.14. The summed E-state index contributed by atoms with van der Waals surface area (Å²) in [5.74, 6) is 0.404. The Balaban J connectivity index is 2.89. The molecule has 0 aliphatic heterocycles. The smallest absolute Gasteiger partial charge is 0.222 e. The number of nitrogens with one attached hydrogen (secondary N) is 1. The molecule has 1 rings (SSSR count). The molecule has 1 N–H and O–H groups in total. The second-order valence-corrected chi connectivity index (χ2v) is 2.55. The normalized spacial score (nSPS) is 9.50. The molecule has 0 aromatic carbocycles. The van der Waals surface area contributed by atoms with Gasteiger partial charge in [-0.2, -0.15) is 0 Å². The number of amides is 1. The highest BCUT2D eigenvalue weighted by Crippen LogP contribution is 2.00. The summed E-state index contributed by atoms with van der Waals surface area (Å²) in [4.78, 5) is 14.7. The molecule has 1 amide bonds. The number of anilines is 1. The van der Waals surface area contributed by atoms with E-state index in [1.54, 1.807) is 19.1 Å². The Morgan fingerprint density at radius 1 is 1.58 bits per heavy atom. The standard InChI is InChI=1S/C8H9BN2O/c1-5-7(9)3-4-8(10-5)11-6(2)12/h3-4H,1-2H3,(H,10,11,12). The number of aromatic nitrogens is 1. The van der Waals surface area contributed by atoms with E-state index >= 15 is 0 Å². The molecule has 3 nitrogen and oxygen atoms in total. The van der Waals surface area contributed by atoms with Crippen molar-refractivity contribution in [3.63, 3.8) is 0 Å². The van der Waals surface area contributed by atoms with E-state index in [4.69, 9.17) is 7.85 Å². The van der Waals surface area contributed by atoms with Gasteiger partial charge in [0.15, 0.2) is 0 Å². The van der Waals surface area contributed by atoms with Gasteiger partial charge in [-0.05, 0) is 13.0 Å². The number of rotatable bonds is 1. The monoisotopic (exact) mass is 160 g/mol. The van der Waals surface area contributed by atoms with Crippen LogP contribution in [-0.2, 0) is 4.79 Å². The first-order valence-electron chi connectivity index (χ1n) is 3.60. The highest BCUT2D eigenvalue weighted by molar-refractivity contribution is 6.33. The lowest BCUT2D eigenvalue weighted by Crippen LogP contribution is -2.13. The van der Waals surface area contributed by atoms with Crippen LogP contribution in [0, 0.1) is 6.92 Å². The molecule has 1 aromatic heterocycles. The molecule has 0 saturated heterocycles. The average Bonchev–Trinajstić information content (AvgIpc) is 1.96. The van der Waals surface area contributed by atoms with Gasteiger partial charge in [-0.25, -0.2) is 4.98 Å². The molecule has 0 fully saturated rings. The van der Waals surface area contributed by atoms with Gasteiger partial charge in [-0.15, -0.1) is 0 Å². The third-order valence-electron chi connectivity index (χ3n) is 1.43. The summed E-state index contributed by atoms with van der Waals surface area (Å²) >= 11 is 0. The molecule has 0 bridgehead atoms. The van der Waals surface area contributed by atoms with Gasteiger partial charge in [0, 0.05) is 12.6 Å². The Hall–Kier alpha value is -1.32. The Morgan fingerprint density at radius 3 is 2.75 bits per heavy atom. The fourth-order valence-electron chi connectivity index (χ4n) is 0.822. The first-order valence-corrected chi connectivity index (χ1v) is 3.60. The number of carbonyl (C=O) groups is 1. The summed E-state index contributed by atoms with van der Waals surface area (Å²) in [5.41, 5.74) is 1.35. The predicted molar refractivity (Wildman–Crippen MR) is 48.7 cm³/mol. The van der Waals surface area contributed by atoms with E-state index in [0.717, 1.165) is 5.69 Å². The van der Waals surface area contributed by atoms with Gasteiger partial charge in [-0.1, -0.05) is 11.5 Å². The second kappa shape index (κ2) is 3.39. The number of hydrogen-bond donors (Lipinski definition) is 1. The van der Waals surface area contributed by atoms with Gasteiger partial charge in [0.05, 0.1) is 0 Å². The largest absolute Gasteiger partial charge is 0.311 e. The van der Waals surface area contributed by atoms with Crippen molar-refractivity contribution in [2.45, 2.75) is 13.8 Å². The maximum absolute atomic E-state index is 10.6. The minimum absolute atomic E-state index is 0.133. The summed E-state index contributed by atoms with van der Waals surface area (Å²) < 4.78 is 0. The van der Waals surface area contributed by atoms with Crippen molar-refractivity contribution in [2.24, 2.45) is 0 Å². The van der Waals surface area contributed by atoms with Crippen LogP contribution in [0.3, 0.4) is 0 Å². The molecule has 1 heterocycles. The highest BCUT2D eigenvalue weighted by atomic mass is 16.1. The van der Waals surface area contributed by atoms with Crippen LogP contribution in [0.4, 0.5) is 5.82 Å². The second-order valence-electron chi connectivity index (χ2n) is 2.55. The van der Waals surface area contributed by atoms with Gasteiger partial charge < -0.3 is 5.32 Å². The summed E-state index contributed by atoms with van der Waals surface area (Å²) in [5, 5.41) is 2.57. The van der Waals surface area contributed by atoms with Crippen LogP contribution in [0.2, 0.25) is 0 Å². The predicted octanol–water partition coefficient (Wildman–Crippen LogP) is 0.142. The third-order valence-corrected chi connectivity index (χ3v) is 1.43. The zero-order valence-corrected chi connectivity index (χ0v) is 7.09. The fourth-order valence-corrected chi connectivity index (χ4v) is 0.822. The molecule has 0 atom stereocenters. The van der Waals surface area contributed by atoms with Gasteiger partial charge in [0.2, 0.25) is 5.91 Å². The fraction of sp³-hybridized carbons (Fsp3) is 0.250. The number of hydrogen-bond acceptors (Lipinski definition) is 2. The van der Waals surface area contributed by atoms with Gasteiger partial charge >= 0.3 is 0 Å². The van der Waals surface area contributed by atoms with Crippen LogP contribution in [0.5, 0.6) is 0 Å². The van der Waals surface area contributed by atoms with Crippen LogP contribution in [0.15, 0.2) is 12.1 Å². The van der Waals surface area contributed by atoms with Crippen LogP contribution in [-0.4, -0.2) is 18.7 Å². The molecule has 2 radical (unpaired) electrons. The van der Waals surface area contributed by atoms with Crippen molar-refractivity contribution in [2.75, 3.05) is 5.32 Å². The molecular weight excluding hydrogens is 151 g/mol. The zero-order valence-electron chi connectivity index (χ0n) is 7.09. The quantitative estimate of drug-likeness (QED) is 0.593. The summed E-state index contributed by atoms with van der Waals surface area (Å²) in [6, 6.07) is 3.39.